The molecule has 0 radical (unpaired) electrons. The van der Waals surface area contributed by atoms with Crippen LogP contribution in [0.2, 0.25) is 0 Å². The first-order chi connectivity index (χ1) is 9.43. The summed E-state index contributed by atoms with van der Waals surface area (Å²) in [6, 6.07) is 8.90. The monoisotopic (exact) mass is 273 g/mol. The lowest BCUT2D eigenvalue weighted by Gasteiger charge is -2.18. The Kier molecular flexibility index (Phi) is 3.70. The lowest BCUT2D eigenvalue weighted by Crippen LogP contribution is -2.29. The average molecular weight is 273 g/mol. The number of Topliss-reactive ketones (excluding diaryl/α,β-unsaturated/α-hetero) is 1. The maximum Gasteiger partial charge on any atom is 0.304 e. The van der Waals surface area contributed by atoms with Crippen molar-refractivity contribution in [3.8, 4) is 0 Å². The third kappa shape index (κ3) is 2.34. The van der Waals surface area contributed by atoms with E-state index in [2.05, 4.69) is 0 Å². The van der Waals surface area contributed by atoms with Gasteiger partial charge in [-0.25, -0.2) is 0 Å². The summed E-state index contributed by atoms with van der Waals surface area (Å²) in [6.07, 6.45) is -0.367. The van der Waals surface area contributed by atoms with Gasteiger partial charge in [-0.2, -0.15) is 0 Å². The number of para-hydroxylation sites is 1. The van der Waals surface area contributed by atoms with Gasteiger partial charge in [0.15, 0.2) is 5.78 Å². The van der Waals surface area contributed by atoms with Crippen molar-refractivity contribution in [2.24, 2.45) is 5.92 Å². The van der Waals surface area contributed by atoms with Crippen molar-refractivity contribution >= 4 is 23.3 Å². The minimum Gasteiger partial charge on any atom is -0.481 e. The molecular formula is C15H15NO4. The summed E-state index contributed by atoms with van der Waals surface area (Å²) in [4.78, 5) is 36.5. The van der Waals surface area contributed by atoms with Gasteiger partial charge in [-0.3, -0.25) is 19.3 Å². The standard InChI is InChI=1S/C15H15NO4/c1-9-14(10(2)17)12(8-13(18)19)15(20)16(9)11-6-4-3-5-7-11/h3-7,12H,8H2,1-2H3,(H,18,19)/t12-/m1/s1. The molecule has 1 heterocycles. The van der Waals surface area contributed by atoms with Gasteiger partial charge in [0.2, 0.25) is 5.91 Å². The number of hydrogen-bond acceptors (Lipinski definition) is 3. The van der Waals surface area contributed by atoms with E-state index in [1.165, 1.54) is 11.8 Å². The molecule has 1 aromatic carbocycles. The summed E-state index contributed by atoms with van der Waals surface area (Å²) in [5.74, 6) is -2.61. The van der Waals surface area contributed by atoms with Gasteiger partial charge in [0.05, 0.1) is 12.3 Å². The Bertz CT molecular complexity index is 604. The van der Waals surface area contributed by atoms with Crippen LogP contribution in [0.25, 0.3) is 0 Å². The predicted octanol–water partition coefficient (Wildman–Crippen LogP) is 1.99. The molecule has 0 unspecified atom stereocenters. The number of allylic oxidation sites excluding steroid dienone is 1. The molecule has 104 valence electrons. The first-order valence-corrected chi connectivity index (χ1v) is 6.26. The van der Waals surface area contributed by atoms with Crippen LogP contribution in [0.5, 0.6) is 0 Å². The largest absolute Gasteiger partial charge is 0.481 e. The fourth-order valence-corrected chi connectivity index (χ4v) is 2.58. The van der Waals surface area contributed by atoms with Gasteiger partial charge >= 0.3 is 5.97 Å². The van der Waals surface area contributed by atoms with E-state index in [9.17, 15) is 14.4 Å². The van der Waals surface area contributed by atoms with E-state index in [-0.39, 0.29) is 18.1 Å². The minimum atomic E-state index is -1.09. The summed E-state index contributed by atoms with van der Waals surface area (Å²) in [6.45, 7) is 3.03. The van der Waals surface area contributed by atoms with E-state index in [1.54, 1.807) is 31.2 Å². The maximum atomic E-state index is 12.4. The molecule has 1 atom stereocenters. The third-order valence-electron chi connectivity index (χ3n) is 3.36. The van der Waals surface area contributed by atoms with Crippen molar-refractivity contribution in [3.63, 3.8) is 0 Å². The highest BCUT2D eigenvalue weighted by molar-refractivity contribution is 6.13. The summed E-state index contributed by atoms with van der Waals surface area (Å²) in [7, 11) is 0. The Hall–Kier alpha value is -2.43. The second kappa shape index (κ2) is 5.28. The van der Waals surface area contributed by atoms with Crippen molar-refractivity contribution in [1.29, 1.82) is 0 Å². The van der Waals surface area contributed by atoms with Crippen LogP contribution < -0.4 is 4.90 Å². The number of carboxylic acid groups (broad SMARTS) is 1. The summed E-state index contributed by atoms with van der Waals surface area (Å²) in [5, 5.41) is 8.93. The van der Waals surface area contributed by atoms with Crippen LogP contribution in [0.3, 0.4) is 0 Å². The van der Waals surface area contributed by atoms with Crippen molar-refractivity contribution in [1.82, 2.24) is 0 Å². The fourth-order valence-electron chi connectivity index (χ4n) is 2.58. The molecule has 1 aliphatic rings. The highest BCUT2D eigenvalue weighted by atomic mass is 16.4. The number of benzene rings is 1. The van der Waals surface area contributed by atoms with E-state index >= 15 is 0 Å². The predicted molar refractivity (Wildman–Crippen MR) is 73.1 cm³/mol. The zero-order valence-corrected chi connectivity index (χ0v) is 11.3. The number of hydrogen-bond donors (Lipinski definition) is 1. The molecule has 5 heteroatoms. The quantitative estimate of drug-likeness (QED) is 0.910. The molecule has 0 saturated heterocycles. The molecule has 1 amide bonds. The normalized spacial score (nSPS) is 18.6. The van der Waals surface area contributed by atoms with E-state index < -0.39 is 11.9 Å². The Morgan fingerprint density at radius 1 is 1.25 bits per heavy atom. The molecule has 0 aliphatic carbocycles. The number of anilines is 1. The number of carbonyl (C=O) groups excluding carboxylic acids is 2. The number of rotatable bonds is 4. The summed E-state index contributed by atoms with van der Waals surface area (Å²) < 4.78 is 0. The molecule has 1 N–H and O–H groups in total. The molecule has 0 fully saturated rings. The zero-order valence-electron chi connectivity index (χ0n) is 11.3. The molecular weight excluding hydrogens is 258 g/mol. The molecule has 1 aliphatic heterocycles. The lowest BCUT2D eigenvalue weighted by atomic mass is 9.94. The minimum absolute atomic E-state index is 0.263. The second-order valence-electron chi connectivity index (χ2n) is 4.71. The van der Waals surface area contributed by atoms with Crippen molar-refractivity contribution in [2.75, 3.05) is 4.90 Å². The number of aliphatic carboxylic acids is 1. The van der Waals surface area contributed by atoms with Crippen LogP contribution in [0, 0.1) is 5.92 Å². The van der Waals surface area contributed by atoms with Gasteiger partial charge in [0, 0.05) is 17.0 Å². The molecule has 0 spiro atoms. The summed E-state index contributed by atoms with van der Waals surface area (Å²) in [5.41, 5.74) is 1.45. The van der Waals surface area contributed by atoms with Gasteiger partial charge < -0.3 is 5.11 Å². The molecule has 0 saturated carbocycles. The number of nitrogens with zero attached hydrogens (tertiary/aromatic N) is 1. The van der Waals surface area contributed by atoms with Crippen LogP contribution in [0.15, 0.2) is 41.6 Å². The van der Waals surface area contributed by atoms with Crippen LogP contribution in [-0.2, 0) is 14.4 Å². The first kappa shape index (κ1) is 14.0. The molecule has 20 heavy (non-hydrogen) atoms. The van der Waals surface area contributed by atoms with Crippen molar-refractivity contribution in [2.45, 2.75) is 20.3 Å². The van der Waals surface area contributed by atoms with Gasteiger partial charge in [-0.15, -0.1) is 0 Å². The van der Waals surface area contributed by atoms with Crippen LogP contribution in [0.1, 0.15) is 20.3 Å². The van der Waals surface area contributed by atoms with Gasteiger partial charge in [0.1, 0.15) is 0 Å². The van der Waals surface area contributed by atoms with Gasteiger partial charge in [-0.1, -0.05) is 18.2 Å². The van der Waals surface area contributed by atoms with E-state index in [0.717, 1.165) is 0 Å². The Morgan fingerprint density at radius 3 is 2.35 bits per heavy atom. The zero-order chi connectivity index (χ0) is 14.9. The first-order valence-electron chi connectivity index (χ1n) is 6.26. The molecule has 0 bridgehead atoms. The van der Waals surface area contributed by atoms with Gasteiger partial charge in [0.25, 0.3) is 0 Å². The number of ketones is 1. The van der Waals surface area contributed by atoms with Crippen molar-refractivity contribution < 1.29 is 19.5 Å². The number of carboxylic acids is 1. The molecule has 5 nitrogen and oxygen atoms in total. The number of amides is 1. The highest BCUT2D eigenvalue weighted by Gasteiger charge is 2.41. The Balaban J connectivity index is 2.48. The van der Waals surface area contributed by atoms with Crippen LogP contribution >= 0.6 is 0 Å². The highest BCUT2D eigenvalue weighted by Crippen LogP contribution is 2.35. The van der Waals surface area contributed by atoms with E-state index in [4.69, 9.17) is 5.11 Å². The number of carbonyl (C=O) groups is 3. The smallest absolute Gasteiger partial charge is 0.304 e. The molecule has 2 rings (SSSR count). The Morgan fingerprint density at radius 2 is 1.85 bits per heavy atom. The lowest BCUT2D eigenvalue weighted by molar-refractivity contribution is -0.139. The van der Waals surface area contributed by atoms with E-state index in [1.807, 2.05) is 6.07 Å². The topological polar surface area (TPSA) is 74.7 Å². The fraction of sp³-hybridized carbons (Fsp3) is 0.267. The van der Waals surface area contributed by atoms with Gasteiger partial charge in [-0.05, 0) is 26.0 Å². The molecule has 0 aromatic heterocycles. The summed E-state index contributed by atoms with van der Waals surface area (Å²) >= 11 is 0. The maximum absolute atomic E-state index is 12.4. The van der Waals surface area contributed by atoms with Crippen LogP contribution in [0.4, 0.5) is 5.69 Å². The third-order valence-corrected chi connectivity index (χ3v) is 3.36. The van der Waals surface area contributed by atoms with Crippen molar-refractivity contribution in [3.05, 3.63) is 41.6 Å². The van der Waals surface area contributed by atoms with E-state index in [0.29, 0.717) is 17.0 Å². The Labute approximate surface area is 116 Å². The average Bonchev–Trinajstić information content (AvgIpc) is 2.61. The molecule has 1 aromatic rings. The van der Waals surface area contributed by atoms with Crippen LogP contribution in [-0.4, -0.2) is 22.8 Å². The SMILES string of the molecule is CC(=O)C1=C(C)N(c2ccccc2)C(=O)[C@@H]1CC(=O)O. The second-order valence-corrected chi connectivity index (χ2v) is 4.71.